The van der Waals surface area contributed by atoms with Crippen LogP contribution < -0.4 is 10.6 Å². The normalized spacial score (nSPS) is 19.9. The first-order chi connectivity index (χ1) is 15.0. The molecule has 0 saturated carbocycles. The zero-order valence-corrected chi connectivity index (χ0v) is 17.2. The number of benzene rings is 2. The average molecular weight is 428 g/mol. The SMILES string of the molecule is O=C(NC1(C(=O)NC(CO)CC(O)c2ccccc2)CCOC1)OCc1ccccc1. The predicted octanol–water partition coefficient (Wildman–Crippen LogP) is 1.67. The van der Waals surface area contributed by atoms with E-state index in [1.54, 1.807) is 24.3 Å². The van der Waals surface area contributed by atoms with Crippen molar-refractivity contribution >= 4 is 12.0 Å². The molecule has 1 aliphatic heterocycles. The third kappa shape index (κ3) is 6.27. The van der Waals surface area contributed by atoms with Gasteiger partial charge < -0.3 is 30.3 Å². The van der Waals surface area contributed by atoms with Crippen molar-refractivity contribution in [3.05, 3.63) is 71.8 Å². The molecule has 8 nitrogen and oxygen atoms in total. The van der Waals surface area contributed by atoms with Gasteiger partial charge in [-0.05, 0) is 17.5 Å². The summed E-state index contributed by atoms with van der Waals surface area (Å²) in [5, 5.41) is 25.5. The predicted molar refractivity (Wildman–Crippen MR) is 113 cm³/mol. The number of nitrogens with one attached hydrogen (secondary N) is 2. The molecule has 1 aliphatic rings. The summed E-state index contributed by atoms with van der Waals surface area (Å²) in [4.78, 5) is 25.4. The van der Waals surface area contributed by atoms with E-state index in [2.05, 4.69) is 10.6 Å². The Morgan fingerprint density at radius 3 is 2.39 bits per heavy atom. The van der Waals surface area contributed by atoms with Gasteiger partial charge in [-0.3, -0.25) is 4.79 Å². The molecule has 4 N–H and O–H groups in total. The second kappa shape index (κ2) is 10.9. The van der Waals surface area contributed by atoms with E-state index >= 15 is 0 Å². The standard InChI is InChI=1S/C23H28N2O6/c26-14-19(13-20(27)18-9-5-2-6-10-18)24-21(28)23(11-12-30-16-23)25-22(29)31-15-17-7-3-1-4-8-17/h1-10,19-20,26-27H,11-16H2,(H,24,28)(H,25,29). The maximum absolute atomic E-state index is 13.0. The lowest BCUT2D eigenvalue weighted by Gasteiger charge is -2.30. The third-order valence-corrected chi connectivity index (χ3v) is 5.26. The summed E-state index contributed by atoms with van der Waals surface area (Å²) >= 11 is 0. The Morgan fingerprint density at radius 1 is 1.10 bits per heavy atom. The topological polar surface area (TPSA) is 117 Å². The Kier molecular flexibility index (Phi) is 8.00. The van der Waals surface area contributed by atoms with Crippen molar-refractivity contribution < 1.29 is 29.3 Å². The number of aliphatic hydroxyl groups is 2. The minimum Gasteiger partial charge on any atom is -0.445 e. The maximum Gasteiger partial charge on any atom is 0.408 e. The Hall–Kier alpha value is -2.94. The largest absolute Gasteiger partial charge is 0.445 e. The van der Waals surface area contributed by atoms with Gasteiger partial charge in [0.05, 0.1) is 25.4 Å². The number of ether oxygens (including phenoxy) is 2. The quantitative estimate of drug-likeness (QED) is 0.483. The fraction of sp³-hybridized carbons (Fsp3) is 0.391. The highest BCUT2D eigenvalue weighted by Crippen LogP contribution is 2.22. The molecular formula is C23H28N2O6. The minimum absolute atomic E-state index is 0.00133. The van der Waals surface area contributed by atoms with E-state index < -0.39 is 29.7 Å². The van der Waals surface area contributed by atoms with Crippen molar-refractivity contribution in [2.24, 2.45) is 0 Å². The number of hydrogen-bond acceptors (Lipinski definition) is 6. The molecule has 1 heterocycles. The molecule has 0 bridgehead atoms. The van der Waals surface area contributed by atoms with Gasteiger partial charge in [-0.25, -0.2) is 4.79 Å². The molecule has 1 saturated heterocycles. The van der Waals surface area contributed by atoms with Crippen molar-refractivity contribution in [3.8, 4) is 0 Å². The van der Waals surface area contributed by atoms with Gasteiger partial charge in [-0.1, -0.05) is 60.7 Å². The first-order valence-electron chi connectivity index (χ1n) is 10.2. The molecule has 31 heavy (non-hydrogen) atoms. The molecular weight excluding hydrogens is 400 g/mol. The van der Waals surface area contributed by atoms with Gasteiger partial charge in [0.1, 0.15) is 12.1 Å². The smallest absolute Gasteiger partial charge is 0.408 e. The molecule has 3 unspecified atom stereocenters. The third-order valence-electron chi connectivity index (χ3n) is 5.26. The van der Waals surface area contributed by atoms with Gasteiger partial charge in [0.15, 0.2) is 0 Å². The van der Waals surface area contributed by atoms with Crippen LogP contribution in [0.25, 0.3) is 0 Å². The van der Waals surface area contributed by atoms with Gasteiger partial charge in [0.2, 0.25) is 5.91 Å². The number of carbonyl (C=O) groups excluding carboxylic acids is 2. The molecule has 0 spiro atoms. The number of alkyl carbamates (subject to hydrolysis) is 1. The Morgan fingerprint density at radius 2 is 1.77 bits per heavy atom. The van der Waals surface area contributed by atoms with E-state index in [-0.39, 0.29) is 32.7 Å². The van der Waals surface area contributed by atoms with Crippen LogP contribution in [-0.2, 0) is 20.9 Å². The first kappa shape index (κ1) is 22.7. The molecule has 0 aromatic heterocycles. The highest BCUT2D eigenvalue weighted by Gasteiger charge is 2.45. The second-order valence-corrected chi connectivity index (χ2v) is 7.59. The van der Waals surface area contributed by atoms with Crippen LogP contribution >= 0.6 is 0 Å². The monoisotopic (exact) mass is 428 g/mol. The molecule has 0 aliphatic carbocycles. The summed E-state index contributed by atoms with van der Waals surface area (Å²) in [6, 6.07) is 17.5. The summed E-state index contributed by atoms with van der Waals surface area (Å²) < 4.78 is 10.6. The van der Waals surface area contributed by atoms with Gasteiger partial charge >= 0.3 is 6.09 Å². The van der Waals surface area contributed by atoms with Crippen LogP contribution in [0, 0.1) is 0 Å². The molecule has 1 fully saturated rings. The van der Waals surface area contributed by atoms with Crippen LogP contribution in [0.3, 0.4) is 0 Å². The fourth-order valence-electron chi connectivity index (χ4n) is 3.44. The lowest BCUT2D eigenvalue weighted by Crippen LogP contribution is -2.61. The van der Waals surface area contributed by atoms with Crippen LogP contribution in [0.1, 0.15) is 30.1 Å². The van der Waals surface area contributed by atoms with Crippen molar-refractivity contribution in [2.45, 2.75) is 37.1 Å². The van der Waals surface area contributed by atoms with Crippen LogP contribution in [-0.4, -0.2) is 53.6 Å². The molecule has 2 amide bonds. The highest BCUT2D eigenvalue weighted by molar-refractivity contribution is 5.90. The average Bonchev–Trinajstić information content (AvgIpc) is 3.28. The summed E-state index contributed by atoms with van der Waals surface area (Å²) in [5.74, 6) is -0.485. The Labute approximate surface area is 181 Å². The summed E-state index contributed by atoms with van der Waals surface area (Å²) in [5.41, 5.74) is 0.226. The molecule has 3 atom stereocenters. The lowest BCUT2D eigenvalue weighted by molar-refractivity contribution is -0.128. The van der Waals surface area contributed by atoms with Crippen molar-refractivity contribution in [1.82, 2.24) is 10.6 Å². The van der Waals surface area contributed by atoms with Crippen molar-refractivity contribution in [1.29, 1.82) is 0 Å². The van der Waals surface area contributed by atoms with Crippen molar-refractivity contribution in [2.75, 3.05) is 19.8 Å². The molecule has 2 aromatic carbocycles. The Balaban J connectivity index is 1.58. The van der Waals surface area contributed by atoms with Gasteiger partial charge in [0.25, 0.3) is 0 Å². The molecule has 2 aromatic rings. The van der Waals surface area contributed by atoms with Crippen LogP contribution in [0.2, 0.25) is 0 Å². The molecule has 8 heteroatoms. The highest BCUT2D eigenvalue weighted by atomic mass is 16.5. The van der Waals surface area contributed by atoms with E-state index in [0.717, 1.165) is 5.56 Å². The van der Waals surface area contributed by atoms with E-state index in [9.17, 15) is 19.8 Å². The summed E-state index contributed by atoms with van der Waals surface area (Å²) in [6.45, 7) is 0.0280. The minimum atomic E-state index is -1.29. The van der Waals surface area contributed by atoms with Crippen molar-refractivity contribution in [3.63, 3.8) is 0 Å². The summed E-state index contributed by atoms with van der Waals surface area (Å²) in [7, 11) is 0. The second-order valence-electron chi connectivity index (χ2n) is 7.59. The number of carbonyl (C=O) groups is 2. The number of amides is 2. The van der Waals surface area contributed by atoms with Gasteiger partial charge in [-0.15, -0.1) is 0 Å². The van der Waals surface area contributed by atoms with Gasteiger partial charge in [-0.2, -0.15) is 0 Å². The zero-order valence-electron chi connectivity index (χ0n) is 17.2. The summed E-state index contributed by atoms with van der Waals surface area (Å²) in [6.07, 6.45) is -1.17. The van der Waals surface area contributed by atoms with E-state index in [1.165, 1.54) is 0 Å². The van der Waals surface area contributed by atoms with E-state index in [4.69, 9.17) is 9.47 Å². The van der Waals surface area contributed by atoms with E-state index in [1.807, 2.05) is 36.4 Å². The fourth-order valence-corrected chi connectivity index (χ4v) is 3.44. The number of rotatable bonds is 9. The van der Waals surface area contributed by atoms with Crippen LogP contribution in [0.15, 0.2) is 60.7 Å². The van der Waals surface area contributed by atoms with Gasteiger partial charge in [0, 0.05) is 13.0 Å². The molecule has 3 rings (SSSR count). The van der Waals surface area contributed by atoms with Crippen LogP contribution in [0.5, 0.6) is 0 Å². The van der Waals surface area contributed by atoms with E-state index in [0.29, 0.717) is 12.2 Å². The lowest BCUT2D eigenvalue weighted by atomic mass is 9.96. The number of aliphatic hydroxyl groups excluding tert-OH is 2. The van der Waals surface area contributed by atoms with Crippen LogP contribution in [0.4, 0.5) is 4.79 Å². The first-order valence-corrected chi connectivity index (χ1v) is 10.2. The number of hydrogen-bond donors (Lipinski definition) is 4. The Bertz CT molecular complexity index is 840. The zero-order chi connectivity index (χ0) is 22.1. The maximum atomic E-state index is 13.0. The molecule has 166 valence electrons. The molecule has 0 radical (unpaired) electrons.